The van der Waals surface area contributed by atoms with Crippen LogP contribution in [0.25, 0.3) is 0 Å². The van der Waals surface area contributed by atoms with Gasteiger partial charge in [-0.25, -0.2) is 0 Å². The Bertz CT molecular complexity index is 380. The molecule has 0 spiro atoms. The molecule has 0 aromatic carbocycles. The van der Waals surface area contributed by atoms with E-state index in [9.17, 15) is 8.42 Å². The summed E-state index contributed by atoms with van der Waals surface area (Å²) in [5, 5.41) is 3.23. The second-order valence-electron chi connectivity index (χ2n) is 5.93. The first-order valence-electron chi connectivity index (χ1n) is 6.89. The first-order chi connectivity index (χ1) is 8.41. The Labute approximate surface area is 123 Å². The standard InChI is InChI=1S/C12H25N3O2S.ClH/c1-10-6-11(2)9-14(8-10)18(16,17)15-5-4-13-7-12(15)3;/h10-13H,4-9H2,1-3H3;1H. The highest BCUT2D eigenvalue weighted by Crippen LogP contribution is 2.25. The van der Waals surface area contributed by atoms with Crippen molar-refractivity contribution < 1.29 is 8.42 Å². The molecule has 114 valence electrons. The van der Waals surface area contributed by atoms with Crippen LogP contribution in [-0.2, 0) is 10.2 Å². The first kappa shape index (κ1) is 17.2. The lowest BCUT2D eigenvalue weighted by Gasteiger charge is -2.40. The Balaban J connectivity index is 0.00000180. The SMILES string of the molecule is CC1CC(C)CN(S(=O)(=O)N2CCNCC2C)C1.Cl. The van der Waals surface area contributed by atoms with Crippen LogP contribution in [0.15, 0.2) is 0 Å². The lowest BCUT2D eigenvalue weighted by molar-refractivity contribution is 0.194. The molecule has 0 saturated carbocycles. The van der Waals surface area contributed by atoms with Crippen molar-refractivity contribution in [1.82, 2.24) is 13.9 Å². The van der Waals surface area contributed by atoms with Gasteiger partial charge in [0.05, 0.1) is 0 Å². The molecule has 7 heteroatoms. The van der Waals surface area contributed by atoms with Crippen LogP contribution in [-0.4, -0.2) is 55.8 Å². The van der Waals surface area contributed by atoms with Gasteiger partial charge in [0.15, 0.2) is 0 Å². The third-order valence-corrected chi connectivity index (χ3v) is 5.98. The van der Waals surface area contributed by atoms with E-state index < -0.39 is 10.2 Å². The molecule has 0 aromatic heterocycles. The van der Waals surface area contributed by atoms with Gasteiger partial charge in [-0.05, 0) is 25.2 Å². The van der Waals surface area contributed by atoms with E-state index in [2.05, 4.69) is 19.2 Å². The van der Waals surface area contributed by atoms with Crippen LogP contribution in [0.1, 0.15) is 27.2 Å². The van der Waals surface area contributed by atoms with Crippen molar-refractivity contribution in [2.24, 2.45) is 11.8 Å². The van der Waals surface area contributed by atoms with Crippen LogP contribution < -0.4 is 5.32 Å². The average Bonchev–Trinajstić information content (AvgIpc) is 2.28. The highest BCUT2D eigenvalue weighted by atomic mass is 35.5. The molecule has 0 bridgehead atoms. The molecule has 2 rings (SSSR count). The number of piperidine rings is 1. The molecule has 0 radical (unpaired) electrons. The largest absolute Gasteiger partial charge is 0.314 e. The van der Waals surface area contributed by atoms with Crippen molar-refractivity contribution in [2.75, 3.05) is 32.7 Å². The summed E-state index contributed by atoms with van der Waals surface area (Å²) in [5.41, 5.74) is 0. The lowest BCUT2D eigenvalue weighted by atomic mass is 9.94. The predicted octanol–water partition coefficient (Wildman–Crippen LogP) is 0.925. The second-order valence-corrected chi connectivity index (χ2v) is 7.82. The zero-order valence-electron chi connectivity index (χ0n) is 12.0. The first-order valence-corrected chi connectivity index (χ1v) is 8.28. The molecule has 3 atom stereocenters. The Morgan fingerprint density at radius 3 is 2.21 bits per heavy atom. The number of hydrogen-bond donors (Lipinski definition) is 1. The lowest BCUT2D eigenvalue weighted by Crippen LogP contribution is -2.58. The third kappa shape index (κ3) is 3.82. The Kier molecular flexibility index (Phi) is 6.07. The fourth-order valence-electron chi connectivity index (χ4n) is 3.11. The molecular formula is C12H26ClN3O2S. The normalized spacial score (nSPS) is 34.8. The quantitative estimate of drug-likeness (QED) is 0.825. The van der Waals surface area contributed by atoms with E-state index in [1.54, 1.807) is 8.61 Å². The van der Waals surface area contributed by atoms with Crippen molar-refractivity contribution in [1.29, 1.82) is 0 Å². The minimum atomic E-state index is -3.27. The van der Waals surface area contributed by atoms with E-state index in [-0.39, 0.29) is 18.4 Å². The summed E-state index contributed by atoms with van der Waals surface area (Å²) in [6.07, 6.45) is 1.13. The summed E-state index contributed by atoms with van der Waals surface area (Å²) < 4.78 is 28.7. The Morgan fingerprint density at radius 1 is 1.11 bits per heavy atom. The number of nitrogens with one attached hydrogen (secondary N) is 1. The van der Waals surface area contributed by atoms with Gasteiger partial charge in [0.1, 0.15) is 0 Å². The highest BCUT2D eigenvalue weighted by Gasteiger charge is 2.37. The van der Waals surface area contributed by atoms with E-state index in [1.165, 1.54) is 0 Å². The topological polar surface area (TPSA) is 52.7 Å². The molecule has 2 saturated heterocycles. The third-order valence-electron chi connectivity index (χ3n) is 3.90. The van der Waals surface area contributed by atoms with Crippen LogP contribution in [0.5, 0.6) is 0 Å². The van der Waals surface area contributed by atoms with Gasteiger partial charge >= 0.3 is 0 Å². The number of rotatable bonds is 2. The van der Waals surface area contributed by atoms with Crippen LogP contribution in [0.4, 0.5) is 0 Å². The molecule has 5 nitrogen and oxygen atoms in total. The fraction of sp³-hybridized carbons (Fsp3) is 1.00. The van der Waals surface area contributed by atoms with Crippen molar-refractivity contribution in [3.8, 4) is 0 Å². The van der Waals surface area contributed by atoms with E-state index in [0.29, 0.717) is 31.5 Å². The van der Waals surface area contributed by atoms with Crippen LogP contribution in [0.2, 0.25) is 0 Å². The van der Waals surface area contributed by atoms with E-state index in [1.807, 2.05) is 6.92 Å². The summed E-state index contributed by atoms with van der Waals surface area (Å²) in [4.78, 5) is 0. The molecule has 0 amide bonds. The van der Waals surface area contributed by atoms with Gasteiger partial charge in [0.2, 0.25) is 0 Å². The highest BCUT2D eigenvalue weighted by molar-refractivity contribution is 7.86. The Morgan fingerprint density at radius 2 is 1.68 bits per heavy atom. The van der Waals surface area contributed by atoms with E-state index >= 15 is 0 Å². The Hall–Kier alpha value is 0.120. The fourth-order valence-corrected chi connectivity index (χ4v) is 5.14. The van der Waals surface area contributed by atoms with Crippen molar-refractivity contribution >= 4 is 22.6 Å². The number of halogens is 1. The van der Waals surface area contributed by atoms with Crippen molar-refractivity contribution in [2.45, 2.75) is 33.2 Å². The zero-order valence-corrected chi connectivity index (χ0v) is 13.6. The number of hydrogen-bond acceptors (Lipinski definition) is 3. The predicted molar refractivity (Wildman–Crippen MR) is 79.7 cm³/mol. The maximum atomic E-state index is 12.7. The van der Waals surface area contributed by atoms with Gasteiger partial charge in [0, 0.05) is 38.8 Å². The summed E-state index contributed by atoms with van der Waals surface area (Å²) >= 11 is 0. The van der Waals surface area contributed by atoms with Crippen LogP contribution in [0, 0.1) is 11.8 Å². The molecule has 2 fully saturated rings. The molecule has 0 aromatic rings. The van der Waals surface area contributed by atoms with E-state index in [4.69, 9.17) is 0 Å². The molecule has 2 aliphatic rings. The van der Waals surface area contributed by atoms with Gasteiger partial charge < -0.3 is 5.32 Å². The maximum Gasteiger partial charge on any atom is 0.282 e. The molecule has 0 aliphatic carbocycles. The monoisotopic (exact) mass is 311 g/mol. The second kappa shape index (κ2) is 6.72. The van der Waals surface area contributed by atoms with Gasteiger partial charge in [-0.1, -0.05) is 13.8 Å². The zero-order chi connectivity index (χ0) is 13.3. The summed E-state index contributed by atoms with van der Waals surface area (Å²) in [6.45, 7) is 9.68. The minimum Gasteiger partial charge on any atom is -0.314 e. The summed E-state index contributed by atoms with van der Waals surface area (Å²) in [5.74, 6) is 0.920. The molecule has 2 heterocycles. The minimum absolute atomic E-state index is 0. The van der Waals surface area contributed by atoms with E-state index in [0.717, 1.165) is 19.5 Å². The van der Waals surface area contributed by atoms with Crippen molar-refractivity contribution in [3.05, 3.63) is 0 Å². The maximum absolute atomic E-state index is 12.7. The van der Waals surface area contributed by atoms with Gasteiger partial charge in [-0.15, -0.1) is 12.4 Å². The summed E-state index contributed by atoms with van der Waals surface area (Å²) in [7, 11) is -3.27. The van der Waals surface area contributed by atoms with Gasteiger partial charge in [-0.3, -0.25) is 0 Å². The molecular weight excluding hydrogens is 286 g/mol. The molecule has 2 aliphatic heterocycles. The van der Waals surface area contributed by atoms with Crippen molar-refractivity contribution in [3.63, 3.8) is 0 Å². The smallest absolute Gasteiger partial charge is 0.282 e. The summed E-state index contributed by atoms with van der Waals surface area (Å²) in [6, 6.07) is 0.0521. The van der Waals surface area contributed by atoms with Crippen LogP contribution >= 0.6 is 12.4 Å². The van der Waals surface area contributed by atoms with Gasteiger partial charge in [0.25, 0.3) is 10.2 Å². The van der Waals surface area contributed by atoms with Crippen LogP contribution in [0.3, 0.4) is 0 Å². The average molecular weight is 312 g/mol. The number of piperazine rings is 1. The van der Waals surface area contributed by atoms with Gasteiger partial charge in [-0.2, -0.15) is 17.0 Å². The molecule has 19 heavy (non-hydrogen) atoms. The molecule has 1 N–H and O–H groups in total. The number of nitrogens with zero attached hydrogens (tertiary/aromatic N) is 2. The molecule has 3 unspecified atom stereocenters.